The molecule has 0 radical (unpaired) electrons. The maximum Gasteiger partial charge on any atom is 0.313 e. The van der Waals surface area contributed by atoms with E-state index >= 15 is 0 Å². The topological polar surface area (TPSA) is 43.4 Å². The molecule has 0 heterocycles. The predicted molar refractivity (Wildman–Crippen MR) is 58.8 cm³/mol. The molecule has 0 unspecified atom stereocenters. The van der Waals surface area contributed by atoms with E-state index in [9.17, 15) is 9.59 Å². The van der Waals surface area contributed by atoms with Gasteiger partial charge in [-0.25, -0.2) is 0 Å². The molecule has 14 heavy (non-hydrogen) atoms. The van der Waals surface area contributed by atoms with Crippen LogP contribution in [0.25, 0.3) is 0 Å². The van der Waals surface area contributed by atoms with Crippen molar-refractivity contribution in [3.05, 3.63) is 0 Å². The maximum absolute atomic E-state index is 11.5. The van der Waals surface area contributed by atoms with Gasteiger partial charge >= 0.3 is 5.97 Å². The van der Waals surface area contributed by atoms with Gasteiger partial charge in [0.25, 0.3) is 0 Å². The first-order chi connectivity index (χ1) is 6.02. The summed E-state index contributed by atoms with van der Waals surface area (Å²) in [6.45, 7) is 11.2. The molecule has 0 spiro atoms. The zero-order chi connectivity index (χ0) is 11.6. The molecule has 0 fully saturated rings. The fraction of sp³-hybridized carbons (Fsp3) is 0.800. The molecule has 0 aliphatic carbocycles. The number of ether oxygens (including phenoxy) is 1. The van der Waals surface area contributed by atoms with Gasteiger partial charge in [0, 0.05) is 0 Å². The molecule has 0 aromatic rings. The molecule has 3 nitrogen and oxygen atoms in total. The minimum absolute atomic E-state index is 0.0479. The van der Waals surface area contributed by atoms with Gasteiger partial charge in [0.1, 0.15) is 19.1 Å². The van der Waals surface area contributed by atoms with Crippen molar-refractivity contribution in [2.75, 3.05) is 0 Å². The van der Waals surface area contributed by atoms with Crippen LogP contribution in [0, 0.1) is 0 Å². The third-order valence-corrected chi connectivity index (χ3v) is 3.41. The Morgan fingerprint density at radius 2 is 1.57 bits per heavy atom. The van der Waals surface area contributed by atoms with Crippen molar-refractivity contribution in [2.45, 2.75) is 52.4 Å². The van der Waals surface area contributed by atoms with Gasteiger partial charge < -0.3 is 9.53 Å². The van der Waals surface area contributed by atoms with Crippen molar-refractivity contribution >= 4 is 19.4 Å². The lowest BCUT2D eigenvalue weighted by molar-refractivity contribution is -0.155. The van der Waals surface area contributed by atoms with Crippen molar-refractivity contribution in [2.24, 2.45) is 0 Å². The third-order valence-electron chi connectivity index (χ3n) is 1.56. The zero-order valence-electron chi connectivity index (χ0n) is 9.93. The Kier molecular flexibility index (Phi) is 4.06. The van der Waals surface area contributed by atoms with E-state index < -0.39 is 19.6 Å². The molecule has 0 rings (SSSR count). The second-order valence-corrected chi connectivity index (χ2v) is 10.5. The fourth-order valence-electron chi connectivity index (χ4n) is 0.774. The first-order valence-corrected chi connectivity index (χ1v) is 8.27. The van der Waals surface area contributed by atoms with E-state index in [1.54, 1.807) is 20.8 Å². The van der Waals surface area contributed by atoms with Gasteiger partial charge in [-0.05, 0) is 20.8 Å². The highest BCUT2D eigenvalue weighted by Gasteiger charge is 2.28. The van der Waals surface area contributed by atoms with E-state index in [1.165, 1.54) is 0 Å². The van der Waals surface area contributed by atoms with E-state index in [1.807, 2.05) is 19.6 Å². The van der Waals surface area contributed by atoms with Gasteiger partial charge in [0.2, 0.25) is 0 Å². The Morgan fingerprint density at radius 1 is 1.14 bits per heavy atom. The monoisotopic (exact) mass is 216 g/mol. The van der Waals surface area contributed by atoms with Crippen LogP contribution >= 0.6 is 0 Å². The summed E-state index contributed by atoms with van der Waals surface area (Å²) < 4.78 is 5.07. The van der Waals surface area contributed by atoms with Crippen LogP contribution in [0.15, 0.2) is 0 Å². The number of hydrogen-bond acceptors (Lipinski definition) is 3. The van der Waals surface area contributed by atoms with Gasteiger partial charge in [-0.2, -0.15) is 0 Å². The number of hydrogen-bond donors (Lipinski definition) is 0. The molecule has 82 valence electrons. The Bertz CT molecular complexity index is 233. The van der Waals surface area contributed by atoms with Crippen LogP contribution in [0.1, 0.15) is 27.2 Å². The average Bonchev–Trinajstić information content (AvgIpc) is 1.79. The lowest BCUT2D eigenvalue weighted by Crippen LogP contribution is -2.36. The maximum atomic E-state index is 11.5. The highest BCUT2D eigenvalue weighted by Crippen LogP contribution is 2.11. The number of esters is 1. The normalized spacial score (nSPS) is 12.4. The molecule has 0 N–H and O–H groups in total. The molecule has 0 aromatic heterocycles. The van der Waals surface area contributed by atoms with E-state index in [-0.39, 0.29) is 11.8 Å². The van der Waals surface area contributed by atoms with E-state index in [2.05, 4.69) is 0 Å². The van der Waals surface area contributed by atoms with Crippen molar-refractivity contribution < 1.29 is 14.3 Å². The van der Waals surface area contributed by atoms with E-state index in [4.69, 9.17) is 4.74 Å². The highest BCUT2D eigenvalue weighted by molar-refractivity contribution is 7.03. The predicted octanol–water partition coefficient (Wildman–Crippen LogP) is 2.16. The molecule has 0 atom stereocenters. The summed E-state index contributed by atoms with van der Waals surface area (Å²) in [4.78, 5) is 22.8. The lowest BCUT2D eigenvalue weighted by Gasteiger charge is -2.20. The quantitative estimate of drug-likeness (QED) is 0.412. The second-order valence-electron chi connectivity index (χ2n) is 5.44. The summed E-state index contributed by atoms with van der Waals surface area (Å²) in [7, 11) is -1.84. The SMILES string of the molecule is CC(C)(C)OC(=O)CC(=O)[Si](C)(C)C. The van der Waals surface area contributed by atoms with Crippen molar-refractivity contribution in [3.8, 4) is 0 Å². The molecule has 0 amide bonds. The summed E-state index contributed by atoms with van der Waals surface area (Å²) in [5, 5.41) is 0.0479. The van der Waals surface area contributed by atoms with Crippen molar-refractivity contribution in [1.82, 2.24) is 0 Å². The second kappa shape index (κ2) is 4.25. The smallest absolute Gasteiger partial charge is 0.313 e. The molecule has 4 heteroatoms. The largest absolute Gasteiger partial charge is 0.460 e. The van der Waals surface area contributed by atoms with Crippen LogP contribution in [0.2, 0.25) is 19.6 Å². The van der Waals surface area contributed by atoms with E-state index in [0.717, 1.165) is 0 Å². The molecule has 0 saturated heterocycles. The van der Waals surface area contributed by atoms with Crippen LogP contribution in [-0.4, -0.2) is 25.1 Å². The van der Waals surface area contributed by atoms with Crippen LogP contribution in [-0.2, 0) is 14.3 Å². The van der Waals surface area contributed by atoms with Crippen molar-refractivity contribution in [3.63, 3.8) is 0 Å². The van der Waals surface area contributed by atoms with Gasteiger partial charge in [0.15, 0.2) is 0 Å². The standard InChI is InChI=1S/C10H20O3Si/c1-10(2,3)13-8(11)7-9(12)14(4,5)6/h7H2,1-6H3. The molecular formula is C10H20O3Si. The minimum Gasteiger partial charge on any atom is -0.460 e. The van der Waals surface area contributed by atoms with Gasteiger partial charge in [0.05, 0.1) is 6.42 Å². The lowest BCUT2D eigenvalue weighted by atomic mass is 10.2. The van der Waals surface area contributed by atoms with Crippen LogP contribution in [0.4, 0.5) is 0 Å². The molecule has 0 aliphatic heterocycles. The van der Waals surface area contributed by atoms with Crippen molar-refractivity contribution in [1.29, 1.82) is 0 Å². The highest BCUT2D eigenvalue weighted by atomic mass is 28.3. The summed E-state index contributed by atoms with van der Waals surface area (Å²) in [5.41, 5.74) is -0.503. The summed E-state index contributed by atoms with van der Waals surface area (Å²) in [5.74, 6) is -0.412. The van der Waals surface area contributed by atoms with Crippen LogP contribution in [0.5, 0.6) is 0 Å². The molecule has 0 saturated carbocycles. The molecule has 0 aliphatic rings. The van der Waals surface area contributed by atoms with Gasteiger partial charge in [-0.15, -0.1) is 0 Å². The van der Waals surface area contributed by atoms with Gasteiger partial charge in [-0.1, -0.05) is 19.6 Å². The average molecular weight is 216 g/mol. The summed E-state index contributed by atoms with van der Waals surface area (Å²) in [6, 6.07) is 0. The Balaban J connectivity index is 4.16. The first-order valence-electron chi connectivity index (χ1n) is 4.77. The first kappa shape index (κ1) is 13.4. The summed E-state index contributed by atoms with van der Waals surface area (Å²) >= 11 is 0. The van der Waals surface area contributed by atoms with Crippen LogP contribution < -0.4 is 0 Å². The zero-order valence-corrected chi connectivity index (χ0v) is 10.9. The number of rotatable bonds is 3. The number of carbonyl (C=O) groups is 2. The van der Waals surface area contributed by atoms with E-state index in [0.29, 0.717) is 0 Å². The Hall–Kier alpha value is -0.643. The van der Waals surface area contributed by atoms with Crippen LogP contribution in [0.3, 0.4) is 0 Å². The summed E-state index contributed by atoms with van der Waals surface area (Å²) in [6.07, 6.45) is -0.0764. The number of carbonyl (C=O) groups excluding carboxylic acids is 2. The fourth-order valence-corrected chi connectivity index (χ4v) is 1.45. The minimum atomic E-state index is -1.84. The third kappa shape index (κ3) is 5.91. The van der Waals surface area contributed by atoms with Gasteiger partial charge in [-0.3, -0.25) is 4.79 Å². The Labute approximate surface area is 86.8 Å². The molecule has 0 aromatic carbocycles. The molecule has 0 bridgehead atoms. The Morgan fingerprint density at radius 3 is 1.86 bits per heavy atom. The molecular weight excluding hydrogens is 196 g/mol.